The summed E-state index contributed by atoms with van der Waals surface area (Å²) in [5, 5.41) is 15.3. The van der Waals surface area contributed by atoms with Gasteiger partial charge in [-0.15, -0.1) is 10.2 Å². The zero-order valence-electron chi connectivity index (χ0n) is 16.9. The number of rotatable bonds is 8. The SMILES string of the molecule is CCc1c(C(=O)NCCO[C@@H]2CCCC[C@@H]2C)cnn1-c1ccc(OC)nn1. The third-order valence-electron chi connectivity index (χ3n) is 5.25. The van der Waals surface area contributed by atoms with E-state index in [0.717, 1.165) is 12.1 Å². The van der Waals surface area contributed by atoms with Crippen molar-refractivity contribution < 1.29 is 14.3 Å². The lowest BCUT2D eigenvalue weighted by Crippen LogP contribution is -2.32. The summed E-state index contributed by atoms with van der Waals surface area (Å²) in [6.45, 7) is 5.24. The van der Waals surface area contributed by atoms with E-state index >= 15 is 0 Å². The summed E-state index contributed by atoms with van der Waals surface area (Å²) in [5.41, 5.74) is 1.34. The lowest BCUT2D eigenvalue weighted by molar-refractivity contribution is -0.00294. The standard InChI is InChI=1S/C20H29N5O3/c1-4-16-15(13-22-25(16)18-9-10-19(27-3)24-23-18)20(26)21-11-12-28-17-8-6-5-7-14(17)2/h9-10,13-14,17H,4-8,11-12H2,1-3H3,(H,21,26)/t14-,17+/m0/s1. The lowest BCUT2D eigenvalue weighted by Gasteiger charge is -2.28. The fraction of sp³-hybridized carbons (Fsp3) is 0.600. The van der Waals surface area contributed by atoms with E-state index in [2.05, 4.69) is 27.5 Å². The van der Waals surface area contributed by atoms with Crippen LogP contribution in [0.25, 0.3) is 5.82 Å². The van der Waals surface area contributed by atoms with Crippen LogP contribution in [0.4, 0.5) is 0 Å². The van der Waals surface area contributed by atoms with Gasteiger partial charge >= 0.3 is 0 Å². The van der Waals surface area contributed by atoms with E-state index in [1.54, 1.807) is 23.0 Å². The number of aromatic nitrogens is 4. The van der Waals surface area contributed by atoms with Crippen LogP contribution in [0.15, 0.2) is 18.3 Å². The first kappa shape index (κ1) is 20.3. The zero-order chi connectivity index (χ0) is 19.9. The van der Waals surface area contributed by atoms with Gasteiger partial charge in [0.25, 0.3) is 5.91 Å². The Kier molecular flexibility index (Phi) is 6.97. The van der Waals surface area contributed by atoms with Crippen molar-refractivity contribution in [3.8, 4) is 11.7 Å². The number of nitrogens with one attached hydrogen (secondary N) is 1. The fourth-order valence-electron chi connectivity index (χ4n) is 3.64. The summed E-state index contributed by atoms with van der Waals surface area (Å²) in [5.74, 6) is 1.43. The number of hydrogen-bond donors (Lipinski definition) is 1. The number of carbonyl (C=O) groups excluding carboxylic acids is 1. The third kappa shape index (κ3) is 4.67. The van der Waals surface area contributed by atoms with E-state index < -0.39 is 0 Å². The van der Waals surface area contributed by atoms with Crippen molar-refractivity contribution in [1.82, 2.24) is 25.3 Å². The molecule has 2 aromatic heterocycles. The minimum atomic E-state index is -0.148. The Hall–Kier alpha value is -2.48. The Morgan fingerprint density at radius 2 is 2.11 bits per heavy atom. The molecule has 0 radical (unpaired) electrons. The summed E-state index contributed by atoms with van der Waals surface area (Å²) in [6.07, 6.45) is 7.40. The van der Waals surface area contributed by atoms with Crippen LogP contribution in [0, 0.1) is 5.92 Å². The maximum Gasteiger partial charge on any atom is 0.254 e. The van der Waals surface area contributed by atoms with Crippen molar-refractivity contribution in [2.75, 3.05) is 20.3 Å². The number of methoxy groups -OCH3 is 1. The normalized spacial score (nSPS) is 19.4. The van der Waals surface area contributed by atoms with Gasteiger partial charge in [-0.05, 0) is 31.2 Å². The smallest absolute Gasteiger partial charge is 0.254 e. The molecule has 28 heavy (non-hydrogen) atoms. The molecule has 1 N–H and O–H groups in total. The second kappa shape index (κ2) is 9.64. The molecule has 2 heterocycles. The Labute approximate surface area is 165 Å². The van der Waals surface area contributed by atoms with Crippen LogP contribution in [0.5, 0.6) is 5.88 Å². The Balaban J connectivity index is 1.58. The number of hydrogen-bond acceptors (Lipinski definition) is 6. The van der Waals surface area contributed by atoms with Crippen LogP contribution in [0.2, 0.25) is 0 Å². The van der Waals surface area contributed by atoms with Crippen LogP contribution in [0.3, 0.4) is 0 Å². The van der Waals surface area contributed by atoms with Gasteiger partial charge in [0.2, 0.25) is 5.88 Å². The van der Waals surface area contributed by atoms with Crippen molar-refractivity contribution in [2.45, 2.75) is 52.1 Å². The van der Waals surface area contributed by atoms with Gasteiger partial charge in [0.1, 0.15) is 0 Å². The van der Waals surface area contributed by atoms with E-state index in [9.17, 15) is 4.79 Å². The molecule has 0 saturated heterocycles. The van der Waals surface area contributed by atoms with Crippen LogP contribution in [-0.4, -0.2) is 52.3 Å². The zero-order valence-corrected chi connectivity index (χ0v) is 16.9. The largest absolute Gasteiger partial charge is 0.480 e. The Bertz CT molecular complexity index is 775. The summed E-state index contributed by atoms with van der Waals surface area (Å²) < 4.78 is 12.6. The molecule has 3 rings (SSSR count). The summed E-state index contributed by atoms with van der Waals surface area (Å²) in [6, 6.07) is 3.48. The molecule has 1 aliphatic rings. The second-order valence-corrected chi connectivity index (χ2v) is 7.13. The molecule has 1 fully saturated rings. The van der Waals surface area contributed by atoms with Crippen molar-refractivity contribution in [3.05, 3.63) is 29.6 Å². The first-order valence-electron chi connectivity index (χ1n) is 9.98. The molecule has 8 nitrogen and oxygen atoms in total. The molecule has 152 valence electrons. The highest BCUT2D eigenvalue weighted by Gasteiger charge is 2.22. The number of carbonyl (C=O) groups is 1. The number of nitrogens with zero attached hydrogens (tertiary/aromatic N) is 4. The summed E-state index contributed by atoms with van der Waals surface area (Å²) in [4.78, 5) is 12.6. The Morgan fingerprint density at radius 1 is 1.29 bits per heavy atom. The minimum absolute atomic E-state index is 0.148. The molecule has 0 aromatic carbocycles. The average Bonchev–Trinajstić information content (AvgIpc) is 3.16. The maximum atomic E-state index is 12.6. The van der Waals surface area contributed by atoms with Gasteiger partial charge < -0.3 is 14.8 Å². The van der Waals surface area contributed by atoms with E-state index in [4.69, 9.17) is 9.47 Å². The van der Waals surface area contributed by atoms with Crippen LogP contribution in [0.1, 0.15) is 55.6 Å². The van der Waals surface area contributed by atoms with Gasteiger partial charge in [-0.3, -0.25) is 4.79 Å². The Morgan fingerprint density at radius 3 is 2.79 bits per heavy atom. The lowest BCUT2D eigenvalue weighted by atomic mass is 9.88. The van der Waals surface area contributed by atoms with Gasteiger partial charge in [0, 0.05) is 12.6 Å². The van der Waals surface area contributed by atoms with E-state index in [1.807, 2.05) is 6.92 Å². The first-order valence-corrected chi connectivity index (χ1v) is 9.98. The molecular weight excluding hydrogens is 358 g/mol. The van der Waals surface area contributed by atoms with Gasteiger partial charge in [-0.1, -0.05) is 26.7 Å². The topological polar surface area (TPSA) is 91.2 Å². The molecule has 2 atom stereocenters. The number of amides is 1. The molecule has 2 aromatic rings. The van der Waals surface area contributed by atoms with Gasteiger partial charge in [0.15, 0.2) is 5.82 Å². The van der Waals surface area contributed by atoms with E-state index in [-0.39, 0.29) is 5.91 Å². The quantitative estimate of drug-likeness (QED) is 0.700. The highest BCUT2D eigenvalue weighted by molar-refractivity contribution is 5.95. The molecule has 0 unspecified atom stereocenters. The van der Waals surface area contributed by atoms with Crippen LogP contribution < -0.4 is 10.1 Å². The van der Waals surface area contributed by atoms with Crippen LogP contribution >= 0.6 is 0 Å². The van der Waals surface area contributed by atoms with Crippen molar-refractivity contribution in [3.63, 3.8) is 0 Å². The number of ether oxygens (including phenoxy) is 2. The minimum Gasteiger partial charge on any atom is -0.480 e. The maximum absolute atomic E-state index is 12.6. The molecular formula is C20H29N5O3. The highest BCUT2D eigenvalue weighted by atomic mass is 16.5. The van der Waals surface area contributed by atoms with Crippen molar-refractivity contribution in [1.29, 1.82) is 0 Å². The van der Waals surface area contributed by atoms with Gasteiger partial charge in [-0.25, -0.2) is 4.68 Å². The monoisotopic (exact) mass is 387 g/mol. The molecule has 8 heteroatoms. The van der Waals surface area contributed by atoms with E-state index in [0.29, 0.717) is 48.9 Å². The molecule has 1 aliphatic carbocycles. The van der Waals surface area contributed by atoms with E-state index in [1.165, 1.54) is 26.4 Å². The highest BCUT2D eigenvalue weighted by Crippen LogP contribution is 2.26. The fourth-order valence-corrected chi connectivity index (χ4v) is 3.64. The molecule has 0 bridgehead atoms. The van der Waals surface area contributed by atoms with Crippen molar-refractivity contribution >= 4 is 5.91 Å². The van der Waals surface area contributed by atoms with Crippen LogP contribution in [-0.2, 0) is 11.2 Å². The predicted molar refractivity (Wildman–Crippen MR) is 105 cm³/mol. The predicted octanol–water partition coefficient (Wildman–Crippen LogP) is 2.56. The van der Waals surface area contributed by atoms with Gasteiger partial charge in [-0.2, -0.15) is 5.10 Å². The van der Waals surface area contributed by atoms with Gasteiger partial charge in [0.05, 0.1) is 37.3 Å². The third-order valence-corrected chi connectivity index (χ3v) is 5.25. The second-order valence-electron chi connectivity index (χ2n) is 7.13. The molecule has 1 amide bonds. The average molecular weight is 387 g/mol. The summed E-state index contributed by atoms with van der Waals surface area (Å²) in [7, 11) is 1.54. The molecule has 1 saturated carbocycles. The first-order chi connectivity index (χ1) is 13.6. The molecule has 0 aliphatic heterocycles. The molecule has 0 spiro atoms. The van der Waals surface area contributed by atoms with Crippen molar-refractivity contribution in [2.24, 2.45) is 5.92 Å². The summed E-state index contributed by atoms with van der Waals surface area (Å²) >= 11 is 0.